The maximum absolute atomic E-state index is 14.4. The average Bonchev–Trinajstić information content (AvgIpc) is 3.73. The minimum Gasteiger partial charge on any atom is -0.459 e. The van der Waals surface area contributed by atoms with E-state index < -0.39 is 102 Å². The van der Waals surface area contributed by atoms with Gasteiger partial charge in [-0.25, -0.2) is 4.68 Å². The number of methoxy groups -OCH3 is 1. The summed E-state index contributed by atoms with van der Waals surface area (Å²) in [6, 6.07) is 2.76. The van der Waals surface area contributed by atoms with Gasteiger partial charge in [-0.3, -0.25) is 9.78 Å². The summed E-state index contributed by atoms with van der Waals surface area (Å²) in [6.07, 6.45) is -3.08. The molecule has 18 heteroatoms. The van der Waals surface area contributed by atoms with Crippen LogP contribution in [-0.4, -0.2) is 186 Å². The number of nitrogens with zero attached hydrogens (tertiary/aromatic N) is 6. The summed E-state index contributed by atoms with van der Waals surface area (Å²) in [5, 5.41) is 68.0. The van der Waals surface area contributed by atoms with Crippen molar-refractivity contribution in [3.8, 4) is 5.69 Å². The van der Waals surface area contributed by atoms with Gasteiger partial charge < -0.3 is 63.8 Å². The van der Waals surface area contributed by atoms with Gasteiger partial charge in [-0.2, -0.15) is 0 Å². The van der Waals surface area contributed by atoms with E-state index in [-0.39, 0.29) is 31.3 Å². The van der Waals surface area contributed by atoms with Gasteiger partial charge >= 0.3 is 5.97 Å². The minimum atomic E-state index is -1.83. The first kappa shape index (κ1) is 52.3. The van der Waals surface area contributed by atoms with E-state index in [0.29, 0.717) is 25.9 Å². The second kappa shape index (κ2) is 21.5. The Balaban J connectivity index is 1.49. The van der Waals surface area contributed by atoms with Gasteiger partial charge in [-0.15, -0.1) is 5.10 Å². The standard InChI is InChI=1S/C46H78N6O12/c1-14-35-46(10,58)39(54)30(6)51(12)24-26(2)21-44(8,57)41(28(4)38(29(5)42(56)62-35)63-36-22-45(9,59-13)40(55)31(7)61-36)64-43-37(53)34(20-27(3)60-43)50(11)19-17-32-25-52(49-48-32)33-16-15-18-47-23-33/h15-16,18,23,25-31,34-41,43,53-55,57-58H,14,17,19-22,24H2,1-13H3/t26-,27-,28+,29-,30-,31+,34+,35-,36+,37-,38+,39-,40+,41-,43+,44-,45-,46-/m1/s1. The number of aliphatic hydroxyl groups is 5. The molecule has 0 unspecified atom stereocenters. The average molecular weight is 907 g/mol. The van der Waals surface area contributed by atoms with E-state index in [1.54, 1.807) is 58.6 Å². The summed E-state index contributed by atoms with van der Waals surface area (Å²) < 4.78 is 39.8. The first-order valence-corrected chi connectivity index (χ1v) is 23.0. The van der Waals surface area contributed by atoms with Gasteiger partial charge in [0.25, 0.3) is 0 Å². The van der Waals surface area contributed by atoms with Crippen molar-refractivity contribution in [2.24, 2.45) is 17.8 Å². The molecule has 0 bridgehead atoms. The molecule has 18 atom stereocenters. The lowest BCUT2D eigenvalue weighted by atomic mass is 9.77. The zero-order valence-electron chi connectivity index (χ0n) is 40.3. The molecule has 0 spiro atoms. The number of hydrogen-bond donors (Lipinski definition) is 5. The highest BCUT2D eigenvalue weighted by Gasteiger charge is 2.53. The van der Waals surface area contributed by atoms with Gasteiger partial charge in [0.05, 0.1) is 65.3 Å². The van der Waals surface area contributed by atoms with Crippen LogP contribution < -0.4 is 0 Å². The minimum absolute atomic E-state index is 0.109. The van der Waals surface area contributed by atoms with Crippen LogP contribution in [0.2, 0.25) is 0 Å². The van der Waals surface area contributed by atoms with Gasteiger partial charge in [0.2, 0.25) is 0 Å². The molecule has 2 aromatic rings. The number of likely N-dealkylation sites (N-methyl/N-ethyl adjacent to an activating group) is 2. The monoisotopic (exact) mass is 907 g/mol. The molecular weight excluding hydrogens is 829 g/mol. The van der Waals surface area contributed by atoms with Gasteiger partial charge in [0, 0.05) is 57.2 Å². The summed E-state index contributed by atoms with van der Waals surface area (Å²) in [6.45, 7) is 18.5. The molecule has 3 saturated heterocycles. The third kappa shape index (κ3) is 11.9. The quantitative estimate of drug-likeness (QED) is 0.204. The normalized spacial score (nSPS) is 42.5. The van der Waals surface area contributed by atoms with Crippen LogP contribution in [0.1, 0.15) is 101 Å². The molecule has 0 amide bonds. The largest absolute Gasteiger partial charge is 0.459 e. The highest BCUT2D eigenvalue weighted by atomic mass is 16.7. The SMILES string of the molecule is CC[C@H]1OC(=O)[C@H](C)[C@@H](O[C@H]2C[C@@](C)(OC)[C@@H](O)[C@H](C)O2)[C@H](C)[C@@H](O[C@@H]2O[C@H](C)C[C@H](N(C)CCc3cn(-c4cccnc4)nn3)[C@H]2O)[C@](C)(O)C[C@@H](C)CN(C)[C@H](C)[C@@H](O)[C@]1(C)O. The van der Waals surface area contributed by atoms with Gasteiger partial charge in [-0.05, 0) is 99.9 Å². The maximum atomic E-state index is 14.4. The van der Waals surface area contributed by atoms with Gasteiger partial charge in [0.1, 0.15) is 30.0 Å². The highest BCUT2D eigenvalue weighted by Crippen LogP contribution is 2.40. The predicted octanol–water partition coefficient (Wildman–Crippen LogP) is 2.49. The number of pyridine rings is 1. The van der Waals surface area contributed by atoms with Crippen molar-refractivity contribution in [2.75, 3.05) is 34.3 Å². The number of esters is 1. The number of hydrogen-bond acceptors (Lipinski definition) is 17. The van der Waals surface area contributed by atoms with E-state index in [0.717, 1.165) is 11.4 Å². The van der Waals surface area contributed by atoms with E-state index in [1.165, 1.54) is 14.0 Å². The van der Waals surface area contributed by atoms with Crippen LogP contribution in [0, 0.1) is 17.8 Å². The van der Waals surface area contributed by atoms with Crippen molar-refractivity contribution in [1.29, 1.82) is 0 Å². The van der Waals surface area contributed by atoms with Crippen LogP contribution in [0.4, 0.5) is 0 Å². The number of carbonyl (C=O) groups excluding carboxylic acids is 1. The summed E-state index contributed by atoms with van der Waals surface area (Å²) >= 11 is 0. The van der Waals surface area contributed by atoms with Crippen LogP contribution in [-0.2, 0) is 39.6 Å². The number of carbonyl (C=O) groups is 1. The third-order valence-corrected chi connectivity index (χ3v) is 14.3. The lowest BCUT2D eigenvalue weighted by molar-refractivity contribution is -0.318. The molecule has 3 aliphatic heterocycles. The van der Waals surface area contributed by atoms with Crippen LogP contribution in [0.3, 0.4) is 0 Å². The van der Waals surface area contributed by atoms with Crippen molar-refractivity contribution in [3.63, 3.8) is 0 Å². The Bertz CT molecular complexity index is 1770. The van der Waals surface area contributed by atoms with Crippen LogP contribution in [0.15, 0.2) is 30.7 Å². The lowest BCUT2D eigenvalue weighted by Crippen LogP contribution is -2.61. The van der Waals surface area contributed by atoms with Crippen molar-refractivity contribution in [1.82, 2.24) is 29.8 Å². The van der Waals surface area contributed by atoms with Crippen LogP contribution in [0.25, 0.3) is 5.69 Å². The number of aliphatic hydroxyl groups excluding tert-OH is 3. The third-order valence-electron chi connectivity index (χ3n) is 14.3. The summed E-state index contributed by atoms with van der Waals surface area (Å²) in [4.78, 5) is 22.6. The summed E-state index contributed by atoms with van der Waals surface area (Å²) in [5.41, 5.74) is -2.93. The highest BCUT2D eigenvalue weighted by molar-refractivity contribution is 5.73. The Morgan fingerprint density at radius 3 is 2.34 bits per heavy atom. The fourth-order valence-electron chi connectivity index (χ4n) is 10.1. The fraction of sp³-hybridized carbons (Fsp3) is 0.826. The Morgan fingerprint density at radius 1 is 1.00 bits per heavy atom. The molecule has 5 rings (SSSR count). The zero-order chi connectivity index (χ0) is 47.5. The Kier molecular flexibility index (Phi) is 17.5. The zero-order valence-corrected chi connectivity index (χ0v) is 40.3. The molecule has 364 valence electrons. The summed E-state index contributed by atoms with van der Waals surface area (Å²) in [7, 11) is 5.28. The van der Waals surface area contributed by atoms with Crippen LogP contribution >= 0.6 is 0 Å². The number of cyclic esters (lactones) is 1. The molecule has 0 aliphatic carbocycles. The molecule has 5 heterocycles. The lowest BCUT2D eigenvalue weighted by Gasteiger charge is -2.49. The molecule has 0 saturated carbocycles. The molecule has 5 N–H and O–H groups in total. The molecular formula is C46H78N6O12. The fourth-order valence-corrected chi connectivity index (χ4v) is 10.1. The van der Waals surface area contributed by atoms with E-state index in [2.05, 4.69) is 20.2 Å². The van der Waals surface area contributed by atoms with Crippen molar-refractivity contribution in [3.05, 3.63) is 36.4 Å². The number of rotatable bonds is 11. The maximum Gasteiger partial charge on any atom is 0.311 e. The topological polar surface area (TPSA) is 224 Å². The van der Waals surface area contributed by atoms with E-state index in [1.807, 2.05) is 58.1 Å². The predicted molar refractivity (Wildman–Crippen MR) is 236 cm³/mol. The van der Waals surface area contributed by atoms with E-state index in [9.17, 15) is 30.3 Å². The molecule has 64 heavy (non-hydrogen) atoms. The smallest absolute Gasteiger partial charge is 0.311 e. The van der Waals surface area contributed by atoms with E-state index in [4.69, 9.17) is 28.4 Å². The Morgan fingerprint density at radius 2 is 1.70 bits per heavy atom. The Labute approximate surface area is 379 Å². The second-order valence-electron chi connectivity index (χ2n) is 19.8. The molecule has 2 aromatic heterocycles. The molecule has 0 radical (unpaired) electrons. The van der Waals surface area contributed by atoms with Crippen molar-refractivity contribution >= 4 is 5.97 Å². The van der Waals surface area contributed by atoms with Crippen molar-refractivity contribution in [2.45, 2.75) is 192 Å². The van der Waals surface area contributed by atoms with Crippen molar-refractivity contribution < 1.29 is 58.7 Å². The molecule has 3 aliphatic rings. The first-order valence-electron chi connectivity index (χ1n) is 23.0. The first-order chi connectivity index (χ1) is 29.9. The number of ether oxygens (including phenoxy) is 6. The molecule has 3 fully saturated rings. The second-order valence-corrected chi connectivity index (χ2v) is 19.8. The molecule has 18 nitrogen and oxygen atoms in total. The van der Waals surface area contributed by atoms with Gasteiger partial charge in [-0.1, -0.05) is 26.0 Å². The van der Waals surface area contributed by atoms with Gasteiger partial charge in [0.15, 0.2) is 12.6 Å². The molecule has 0 aromatic carbocycles. The Hall–Kier alpha value is -2.72. The van der Waals surface area contributed by atoms with E-state index >= 15 is 0 Å². The van der Waals surface area contributed by atoms with Crippen LogP contribution in [0.5, 0.6) is 0 Å². The summed E-state index contributed by atoms with van der Waals surface area (Å²) in [5.74, 6) is -2.74. The number of aromatic nitrogens is 4.